The SMILES string of the molecule is Cc1ccc([C@H]2CC(=O)NC(SCC(=O)Nc3ccc(C)cc3C)=C2C#N)cc1. The third kappa shape index (κ3) is 5.07. The van der Waals surface area contributed by atoms with Crippen molar-refractivity contribution in [1.82, 2.24) is 5.32 Å². The van der Waals surface area contributed by atoms with E-state index in [1.807, 2.05) is 63.2 Å². The highest BCUT2D eigenvalue weighted by Crippen LogP contribution is 2.36. The molecule has 1 heterocycles. The molecule has 0 aliphatic carbocycles. The molecule has 0 fully saturated rings. The maximum Gasteiger partial charge on any atom is 0.234 e. The number of allylic oxidation sites excluding steroid dienone is 1. The standard InChI is InChI=1S/C23H23N3O2S/c1-14-4-7-17(8-5-14)18-11-21(27)26-23(19(18)12-24)29-13-22(28)25-20-9-6-15(2)10-16(20)3/h4-10,18H,11,13H2,1-3H3,(H,25,28)(H,26,27)/t18-/m1/s1. The fourth-order valence-electron chi connectivity index (χ4n) is 3.29. The Morgan fingerprint density at radius 1 is 1.17 bits per heavy atom. The Balaban J connectivity index is 1.75. The summed E-state index contributed by atoms with van der Waals surface area (Å²) < 4.78 is 0. The van der Waals surface area contributed by atoms with Crippen molar-refractivity contribution in [3.05, 3.63) is 75.3 Å². The van der Waals surface area contributed by atoms with Crippen LogP contribution < -0.4 is 10.6 Å². The van der Waals surface area contributed by atoms with Crippen molar-refractivity contribution in [3.63, 3.8) is 0 Å². The van der Waals surface area contributed by atoms with Gasteiger partial charge in [0.2, 0.25) is 11.8 Å². The molecule has 3 rings (SSSR count). The van der Waals surface area contributed by atoms with Crippen LogP contribution in [0.4, 0.5) is 5.69 Å². The van der Waals surface area contributed by atoms with E-state index in [9.17, 15) is 14.9 Å². The van der Waals surface area contributed by atoms with Gasteiger partial charge in [-0.15, -0.1) is 0 Å². The van der Waals surface area contributed by atoms with Crippen LogP contribution in [0.15, 0.2) is 53.1 Å². The van der Waals surface area contributed by atoms with Gasteiger partial charge in [-0.3, -0.25) is 9.59 Å². The molecule has 148 valence electrons. The van der Waals surface area contributed by atoms with Crippen LogP contribution in [0.1, 0.15) is 34.6 Å². The second-order valence-corrected chi connectivity index (χ2v) is 8.21. The zero-order valence-electron chi connectivity index (χ0n) is 16.7. The fourth-order valence-corrected chi connectivity index (χ4v) is 4.17. The number of nitrogens with one attached hydrogen (secondary N) is 2. The monoisotopic (exact) mass is 405 g/mol. The summed E-state index contributed by atoms with van der Waals surface area (Å²) in [7, 11) is 0. The van der Waals surface area contributed by atoms with Gasteiger partial charge in [-0.2, -0.15) is 5.26 Å². The summed E-state index contributed by atoms with van der Waals surface area (Å²) in [5.41, 5.74) is 5.43. The summed E-state index contributed by atoms with van der Waals surface area (Å²) in [5, 5.41) is 15.8. The second-order valence-electron chi connectivity index (χ2n) is 7.23. The van der Waals surface area contributed by atoms with E-state index in [-0.39, 0.29) is 29.9 Å². The van der Waals surface area contributed by atoms with E-state index >= 15 is 0 Å². The first kappa shape index (κ1) is 20.7. The minimum absolute atomic E-state index is 0.106. The lowest BCUT2D eigenvalue weighted by atomic mass is 9.87. The van der Waals surface area contributed by atoms with Crippen LogP contribution >= 0.6 is 11.8 Å². The zero-order valence-corrected chi connectivity index (χ0v) is 17.5. The summed E-state index contributed by atoms with van der Waals surface area (Å²) in [6.07, 6.45) is 0.227. The Hall–Kier alpha value is -3.04. The molecular formula is C23H23N3O2S. The lowest BCUT2D eigenvalue weighted by molar-refractivity contribution is -0.121. The number of nitriles is 1. The largest absolute Gasteiger partial charge is 0.325 e. The van der Waals surface area contributed by atoms with Crippen LogP contribution in [-0.4, -0.2) is 17.6 Å². The predicted molar refractivity (Wildman–Crippen MR) is 116 cm³/mol. The van der Waals surface area contributed by atoms with E-state index in [2.05, 4.69) is 16.7 Å². The van der Waals surface area contributed by atoms with Gasteiger partial charge in [0.1, 0.15) is 0 Å². The fraction of sp³-hybridized carbons (Fsp3) is 0.261. The third-order valence-corrected chi connectivity index (χ3v) is 5.86. The van der Waals surface area contributed by atoms with E-state index in [1.165, 1.54) is 11.8 Å². The second kappa shape index (κ2) is 8.97. The molecule has 29 heavy (non-hydrogen) atoms. The minimum atomic E-state index is -0.292. The highest BCUT2D eigenvalue weighted by Gasteiger charge is 2.29. The number of aryl methyl sites for hydroxylation is 3. The van der Waals surface area contributed by atoms with E-state index < -0.39 is 0 Å². The topological polar surface area (TPSA) is 82.0 Å². The molecule has 5 nitrogen and oxygen atoms in total. The lowest BCUT2D eigenvalue weighted by Gasteiger charge is -2.25. The maximum absolute atomic E-state index is 12.4. The predicted octanol–water partition coefficient (Wildman–Crippen LogP) is 4.32. The number of carbonyl (C=O) groups excluding carboxylic acids is 2. The van der Waals surface area contributed by atoms with Gasteiger partial charge in [-0.25, -0.2) is 0 Å². The molecule has 0 saturated heterocycles. The van der Waals surface area contributed by atoms with Crippen LogP contribution in [0.3, 0.4) is 0 Å². The van der Waals surface area contributed by atoms with Crippen LogP contribution in [-0.2, 0) is 9.59 Å². The van der Waals surface area contributed by atoms with Crippen molar-refractivity contribution in [3.8, 4) is 6.07 Å². The molecule has 6 heteroatoms. The Kier molecular flexibility index (Phi) is 6.40. The van der Waals surface area contributed by atoms with Crippen LogP contribution in [0.5, 0.6) is 0 Å². The number of rotatable bonds is 5. The summed E-state index contributed by atoms with van der Waals surface area (Å²) >= 11 is 1.18. The molecule has 1 aliphatic rings. The number of hydrogen-bond donors (Lipinski definition) is 2. The van der Waals surface area contributed by atoms with Crippen molar-refractivity contribution >= 4 is 29.3 Å². The molecule has 0 unspecified atom stereocenters. The minimum Gasteiger partial charge on any atom is -0.325 e. The van der Waals surface area contributed by atoms with Crippen LogP contribution in [0.25, 0.3) is 0 Å². The Labute approximate surface area is 175 Å². The molecule has 1 atom stereocenters. The van der Waals surface area contributed by atoms with E-state index in [0.717, 1.165) is 27.9 Å². The van der Waals surface area contributed by atoms with Crippen molar-refractivity contribution in [1.29, 1.82) is 5.26 Å². The van der Waals surface area contributed by atoms with Gasteiger partial charge in [0.25, 0.3) is 0 Å². The molecule has 2 aromatic rings. The number of nitrogens with zero attached hydrogens (tertiary/aromatic N) is 1. The normalized spacial score (nSPS) is 16.2. The van der Waals surface area contributed by atoms with Gasteiger partial charge in [0.15, 0.2) is 0 Å². The van der Waals surface area contributed by atoms with Crippen molar-refractivity contribution in [2.75, 3.05) is 11.1 Å². The quantitative estimate of drug-likeness (QED) is 0.776. The number of anilines is 1. The lowest BCUT2D eigenvalue weighted by Crippen LogP contribution is -2.31. The Bertz CT molecular complexity index is 1020. The van der Waals surface area contributed by atoms with Gasteiger partial charge in [0, 0.05) is 18.0 Å². The molecule has 0 radical (unpaired) electrons. The van der Waals surface area contributed by atoms with E-state index in [0.29, 0.717) is 10.6 Å². The number of carbonyl (C=O) groups is 2. The van der Waals surface area contributed by atoms with Crippen LogP contribution in [0.2, 0.25) is 0 Å². The van der Waals surface area contributed by atoms with Gasteiger partial charge in [-0.05, 0) is 38.0 Å². The summed E-state index contributed by atoms with van der Waals surface area (Å²) in [6, 6.07) is 15.9. The van der Waals surface area contributed by atoms with Crippen LogP contribution in [0, 0.1) is 32.1 Å². The molecule has 0 spiro atoms. The smallest absolute Gasteiger partial charge is 0.234 e. The molecular weight excluding hydrogens is 382 g/mol. The van der Waals surface area contributed by atoms with Gasteiger partial charge in [-0.1, -0.05) is 59.3 Å². The van der Waals surface area contributed by atoms with E-state index in [4.69, 9.17) is 0 Å². The summed E-state index contributed by atoms with van der Waals surface area (Å²) in [4.78, 5) is 24.6. The first-order valence-electron chi connectivity index (χ1n) is 9.38. The first-order valence-corrected chi connectivity index (χ1v) is 10.4. The van der Waals surface area contributed by atoms with E-state index in [1.54, 1.807) is 0 Å². The van der Waals surface area contributed by atoms with Crippen molar-refractivity contribution in [2.24, 2.45) is 0 Å². The average Bonchev–Trinajstić information content (AvgIpc) is 2.68. The number of hydrogen-bond acceptors (Lipinski definition) is 4. The maximum atomic E-state index is 12.4. The zero-order chi connectivity index (χ0) is 21.0. The van der Waals surface area contributed by atoms with Gasteiger partial charge in [0.05, 0.1) is 22.4 Å². The number of benzene rings is 2. The molecule has 1 aliphatic heterocycles. The first-order chi connectivity index (χ1) is 13.9. The Morgan fingerprint density at radius 3 is 2.52 bits per heavy atom. The third-order valence-electron chi connectivity index (χ3n) is 4.84. The highest BCUT2D eigenvalue weighted by molar-refractivity contribution is 8.03. The molecule has 0 bridgehead atoms. The summed E-state index contributed by atoms with van der Waals surface area (Å²) in [5.74, 6) is -0.515. The number of amides is 2. The molecule has 0 aromatic heterocycles. The van der Waals surface area contributed by atoms with Crippen molar-refractivity contribution in [2.45, 2.75) is 33.1 Å². The number of thioether (sulfide) groups is 1. The average molecular weight is 406 g/mol. The molecule has 0 saturated carbocycles. The molecule has 2 amide bonds. The van der Waals surface area contributed by atoms with Gasteiger partial charge < -0.3 is 10.6 Å². The van der Waals surface area contributed by atoms with Crippen molar-refractivity contribution < 1.29 is 9.59 Å². The van der Waals surface area contributed by atoms with Gasteiger partial charge >= 0.3 is 0 Å². The summed E-state index contributed by atoms with van der Waals surface area (Å²) in [6.45, 7) is 5.94. The molecule has 2 N–H and O–H groups in total. The Morgan fingerprint density at radius 2 is 1.86 bits per heavy atom. The highest BCUT2D eigenvalue weighted by atomic mass is 32.2. The molecule has 2 aromatic carbocycles.